The van der Waals surface area contributed by atoms with Gasteiger partial charge in [0.2, 0.25) is 0 Å². The highest BCUT2D eigenvalue weighted by Gasteiger charge is 2.30. The molecule has 0 saturated heterocycles. The minimum atomic E-state index is -0.277. The van der Waals surface area contributed by atoms with Gasteiger partial charge in [-0.2, -0.15) is 0 Å². The summed E-state index contributed by atoms with van der Waals surface area (Å²) in [4.78, 5) is 0. The molecular formula is C21H44O9. The summed E-state index contributed by atoms with van der Waals surface area (Å²) in [7, 11) is 0. The Balaban J connectivity index is 4.52. The maximum Gasteiger partial charge on any atom is 0.0698 e. The van der Waals surface area contributed by atoms with E-state index in [-0.39, 0.29) is 63.7 Å². The minimum absolute atomic E-state index is 0.0247. The van der Waals surface area contributed by atoms with E-state index in [1.54, 1.807) is 0 Å². The van der Waals surface area contributed by atoms with Crippen molar-refractivity contribution in [2.24, 2.45) is 10.8 Å². The van der Waals surface area contributed by atoms with E-state index in [0.717, 1.165) is 12.8 Å². The first-order valence-electron chi connectivity index (χ1n) is 10.8. The van der Waals surface area contributed by atoms with Crippen molar-refractivity contribution in [3.8, 4) is 0 Å². The zero-order valence-corrected chi connectivity index (χ0v) is 18.9. The molecule has 0 spiro atoms. The van der Waals surface area contributed by atoms with Crippen molar-refractivity contribution >= 4 is 0 Å². The predicted octanol–water partition coefficient (Wildman–Crippen LogP) is 0.222. The van der Waals surface area contributed by atoms with Crippen LogP contribution >= 0.6 is 0 Å². The van der Waals surface area contributed by atoms with E-state index < -0.39 is 0 Å². The molecule has 0 rings (SSSR count). The third-order valence-corrected chi connectivity index (χ3v) is 5.04. The average molecular weight is 441 g/mol. The van der Waals surface area contributed by atoms with Crippen LogP contribution in [-0.4, -0.2) is 113 Å². The van der Waals surface area contributed by atoms with Crippen molar-refractivity contribution in [1.29, 1.82) is 0 Å². The number of ether oxygens (including phenoxy) is 5. The van der Waals surface area contributed by atoms with Gasteiger partial charge in [-0.1, -0.05) is 13.8 Å². The first-order chi connectivity index (χ1) is 14.5. The van der Waals surface area contributed by atoms with Gasteiger partial charge in [-0.05, 0) is 19.3 Å². The quantitative estimate of drug-likeness (QED) is 0.165. The molecule has 0 unspecified atom stereocenters. The summed E-state index contributed by atoms with van der Waals surface area (Å²) in [6.07, 6.45) is 2.28. The zero-order chi connectivity index (χ0) is 22.6. The molecule has 0 amide bonds. The fraction of sp³-hybridized carbons (Fsp3) is 1.00. The van der Waals surface area contributed by atoms with Gasteiger partial charge in [0.25, 0.3) is 0 Å². The van der Waals surface area contributed by atoms with Gasteiger partial charge in [-0.15, -0.1) is 0 Å². The second-order valence-electron chi connectivity index (χ2n) is 7.88. The Morgan fingerprint density at radius 3 is 1.33 bits per heavy atom. The van der Waals surface area contributed by atoms with Crippen molar-refractivity contribution in [2.45, 2.75) is 33.1 Å². The number of hydrogen-bond acceptors (Lipinski definition) is 9. The van der Waals surface area contributed by atoms with Crippen molar-refractivity contribution in [3.05, 3.63) is 0 Å². The second-order valence-corrected chi connectivity index (χ2v) is 7.88. The molecule has 0 saturated carbocycles. The number of aliphatic hydroxyl groups excluding tert-OH is 4. The third-order valence-electron chi connectivity index (χ3n) is 5.04. The lowest BCUT2D eigenvalue weighted by Crippen LogP contribution is -2.35. The Bertz CT molecular complexity index is 348. The monoisotopic (exact) mass is 440 g/mol. The molecule has 0 aromatic heterocycles. The minimum Gasteiger partial charge on any atom is -0.394 e. The lowest BCUT2D eigenvalue weighted by Gasteiger charge is -2.33. The largest absolute Gasteiger partial charge is 0.394 e. The van der Waals surface area contributed by atoms with Crippen LogP contribution in [0.2, 0.25) is 0 Å². The van der Waals surface area contributed by atoms with Gasteiger partial charge in [0.05, 0.1) is 79.3 Å². The highest BCUT2D eigenvalue weighted by atomic mass is 16.5. The summed E-state index contributed by atoms with van der Waals surface area (Å²) in [5.41, 5.74) is -0.511. The van der Waals surface area contributed by atoms with Crippen LogP contribution in [0.15, 0.2) is 0 Å². The van der Waals surface area contributed by atoms with E-state index in [9.17, 15) is 0 Å². The molecular weight excluding hydrogens is 396 g/mol. The summed E-state index contributed by atoms with van der Waals surface area (Å²) in [5, 5.41) is 35.8. The first-order valence-corrected chi connectivity index (χ1v) is 10.8. The van der Waals surface area contributed by atoms with Crippen molar-refractivity contribution in [3.63, 3.8) is 0 Å². The van der Waals surface area contributed by atoms with Gasteiger partial charge < -0.3 is 44.1 Å². The fourth-order valence-electron chi connectivity index (χ4n) is 2.93. The normalized spacial score (nSPS) is 12.6. The van der Waals surface area contributed by atoms with Gasteiger partial charge in [0.1, 0.15) is 0 Å². The molecule has 0 bridgehead atoms. The standard InChI is InChI=1S/C21H44O9/c1-3-21(18-29-14-8-24,19-30-15-9-25)5-11-26-10-4-20(2,16-27-12-6-22)17-28-13-7-23/h22-25H,3-19H2,1-2H3. The molecule has 0 radical (unpaired) electrons. The molecule has 4 N–H and O–H groups in total. The smallest absolute Gasteiger partial charge is 0.0698 e. The summed E-state index contributed by atoms with van der Waals surface area (Å²) in [5.74, 6) is 0. The van der Waals surface area contributed by atoms with Crippen LogP contribution in [0, 0.1) is 10.8 Å². The molecule has 9 heteroatoms. The highest BCUT2D eigenvalue weighted by Crippen LogP contribution is 2.28. The third kappa shape index (κ3) is 14.6. The van der Waals surface area contributed by atoms with Gasteiger partial charge in [0.15, 0.2) is 0 Å². The Morgan fingerprint density at radius 2 is 0.933 bits per heavy atom. The maximum atomic E-state index is 8.96. The Morgan fingerprint density at radius 1 is 0.533 bits per heavy atom. The molecule has 0 heterocycles. The Labute approximate surface area is 181 Å². The molecule has 0 aliphatic carbocycles. The SMILES string of the molecule is CCC(CCOCCC(C)(COCCO)COCCO)(COCCO)COCCO. The summed E-state index contributed by atoms with van der Waals surface area (Å²) in [6.45, 7) is 7.95. The molecule has 0 fully saturated rings. The van der Waals surface area contributed by atoms with Gasteiger partial charge in [0, 0.05) is 24.0 Å². The Hall–Kier alpha value is -0.360. The van der Waals surface area contributed by atoms with E-state index in [2.05, 4.69) is 6.92 Å². The van der Waals surface area contributed by atoms with Crippen molar-refractivity contribution in [1.82, 2.24) is 0 Å². The lowest BCUT2D eigenvalue weighted by molar-refractivity contribution is -0.0609. The van der Waals surface area contributed by atoms with Crippen molar-refractivity contribution < 1.29 is 44.1 Å². The summed E-state index contributed by atoms with van der Waals surface area (Å²) in [6, 6.07) is 0. The van der Waals surface area contributed by atoms with Crippen LogP contribution < -0.4 is 0 Å². The molecule has 182 valence electrons. The van der Waals surface area contributed by atoms with Gasteiger partial charge in [-0.3, -0.25) is 0 Å². The topological polar surface area (TPSA) is 127 Å². The fourth-order valence-corrected chi connectivity index (χ4v) is 2.93. The van der Waals surface area contributed by atoms with Crippen LogP contribution in [0.3, 0.4) is 0 Å². The average Bonchev–Trinajstić information content (AvgIpc) is 2.74. The number of rotatable bonds is 23. The molecule has 0 aliphatic heterocycles. The van der Waals surface area contributed by atoms with E-state index in [1.165, 1.54) is 0 Å². The molecule has 0 atom stereocenters. The van der Waals surface area contributed by atoms with Gasteiger partial charge in [-0.25, -0.2) is 0 Å². The Kier molecular flexibility index (Phi) is 19.1. The van der Waals surface area contributed by atoms with E-state index >= 15 is 0 Å². The molecule has 0 aromatic rings. The van der Waals surface area contributed by atoms with Crippen LogP contribution in [-0.2, 0) is 23.7 Å². The second kappa shape index (κ2) is 19.3. The summed E-state index contributed by atoms with van der Waals surface area (Å²) < 4.78 is 28.0. The van der Waals surface area contributed by atoms with Crippen LogP contribution in [0.25, 0.3) is 0 Å². The molecule has 0 aromatic carbocycles. The van der Waals surface area contributed by atoms with Gasteiger partial charge >= 0.3 is 0 Å². The predicted molar refractivity (Wildman–Crippen MR) is 113 cm³/mol. The van der Waals surface area contributed by atoms with Crippen LogP contribution in [0.4, 0.5) is 0 Å². The molecule has 9 nitrogen and oxygen atoms in total. The zero-order valence-electron chi connectivity index (χ0n) is 18.9. The lowest BCUT2D eigenvalue weighted by atomic mass is 9.83. The molecule has 0 aliphatic rings. The van der Waals surface area contributed by atoms with Crippen LogP contribution in [0.5, 0.6) is 0 Å². The van der Waals surface area contributed by atoms with Crippen LogP contribution in [0.1, 0.15) is 33.1 Å². The van der Waals surface area contributed by atoms with E-state index in [0.29, 0.717) is 46.1 Å². The maximum absolute atomic E-state index is 8.96. The van der Waals surface area contributed by atoms with E-state index in [4.69, 9.17) is 44.1 Å². The van der Waals surface area contributed by atoms with Crippen molar-refractivity contribution in [2.75, 3.05) is 92.5 Å². The molecule has 30 heavy (non-hydrogen) atoms. The highest BCUT2D eigenvalue weighted by molar-refractivity contribution is 4.78. The summed E-state index contributed by atoms with van der Waals surface area (Å²) >= 11 is 0. The van der Waals surface area contributed by atoms with E-state index in [1.807, 2.05) is 6.92 Å². The number of hydrogen-bond donors (Lipinski definition) is 4. The first kappa shape index (κ1) is 29.6. The number of aliphatic hydroxyl groups is 4.